The van der Waals surface area contributed by atoms with Gasteiger partial charge < -0.3 is 0 Å². The van der Waals surface area contributed by atoms with E-state index in [0.29, 0.717) is 11.8 Å². The van der Waals surface area contributed by atoms with Gasteiger partial charge in [0.25, 0.3) is 0 Å². The van der Waals surface area contributed by atoms with E-state index in [1.165, 1.54) is 120 Å². The predicted molar refractivity (Wildman–Crippen MR) is 212 cm³/mol. The highest BCUT2D eigenvalue weighted by Crippen LogP contribution is 2.52. The predicted octanol–water partition coefficient (Wildman–Crippen LogP) is 14.3. The third-order valence-corrected chi connectivity index (χ3v) is 11.5. The lowest BCUT2D eigenvalue weighted by Gasteiger charge is -2.20. The number of benzene rings is 8. The van der Waals surface area contributed by atoms with E-state index in [4.69, 9.17) is 0 Å². The molecule has 10 rings (SSSR count). The first kappa shape index (κ1) is 27.9. The van der Waals surface area contributed by atoms with Gasteiger partial charge in [0.15, 0.2) is 0 Å². The largest absolute Gasteiger partial charge is 0.0617 e. The maximum absolute atomic E-state index is 2.57. The molecular formula is C48H38. The molecule has 0 bridgehead atoms. The molecule has 230 valence electrons. The second-order valence-corrected chi connectivity index (χ2v) is 14.9. The van der Waals surface area contributed by atoms with Crippen LogP contribution >= 0.6 is 0 Å². The minimum atomic E-state index is 0.364. The number of rotatable bonds is 3. The standard InChI is InChI=1S/C48H38/c1-25(2)42-41-24-38-37(33-18-10-16-31-30-15-8-7-14-29(30)22-39(38)45(31)33)23-40(41)43(26(3)4)48-36-21-20-34(44-27(5)12-9-13-28(44)6)32-17-11-19-35(46(32)36)47(42)48/h7-26H,1-6H3. The van der Waals surface area contributed by atoms with E-state index in [2.05, 4.69) is 151 Å². The molecule has 0 unspecified atom stereocenters. The summed E-state index contributed by atoms with van der Waals surface area (Å²) in [7, 11) is 0. The molecule has 0 aromatic heterocycles. The molecule has 0 aliphatic heterocycles. The van der Waals surface area contributed by atoms with Crippen LogP contribution in [0.15, 0.2) is 109 Å². The molecule has 0 amide bonds. The molecule has 10 aromatic carbocycles. The number of fused-ring (bicyclic) bond motifs is 9. The number of hydrogen-bond acceptors (Lipinski definition) is 0. The van der Waals surface area contributed by atoms with Crippen molar-refractivity contribution in [3.05, 3.63) is 131 Å². The minimum absolute atomic E-state index is 0.364. The molecular weight excluding hydrogens is 577 g/mol. The monoisotopic (exact) mass is 614 g/mol. The van der Waals surface area contributed by atoms with Crippen molar-refractivity contribution in [3.8, 4) is 11.1 Å². The van der Waals surface area contributed by atoms with Crippen molar-refractivity contribution in [1.82, 2.24) is 0 Å². The van der Waals surface area contributed by atoms with Crippen LogP contribution in [0.1, 0.15) is 61.8 Å². The van der Waals surface area contributed by atoms with Crippen molar-refractivity contribution in [1.29, 1.82) is 0 Å². The van der Waals surface area contributed by atoms with Crippen LogP contribution in [0.2, 0.25) is 0 Å². The Bertz CT molecular complexity index is 2930. The van der Waals surface area contributed by atoms with E-state index in [1.54, 1.807) is 0 Å². The molecule has 10 aromatic rings. The van der Waals surface area contributed by atoms with E-state index in [9.17, 15) is 0 Å². The molecule has 48 heavy (non-hydrogen) atoms. The minimum Gasteiger partial charge on any atom is -0.0617 e. The summed E-state index contributed by atoms with van der Waals surface area (Å²) >= 11 is 0. The molecule has 0 radical (unpaired) electrons. The topological polar surface area (TPSA) is 0 Å². The summed E-state index contributed by atoms with van der Waals surface area (Å²) in [5, 5.41) is 22.2. The Balaban J connectivity index is 1.44. The van der Waals surface area contributed by atoms with Crippen LogP contribution in [0.4, 0.5) is 0 Å². The summed E-state index contributed by atoms with van der Waals surface area (Å²) in [5.74, 6) is 0.730. The summed E-state index contributed by atoms with van der Waals surface area (Å²) in [6, 6.07) is 41.9. The Morgan fingerprint density at radius 3 is 1.52 bits per heavy atom. The third-order valence-electron chi connectivity index (χ3n) is 11.5. The van der Waals surface area contributed by atoms with Crippen LogP contribution < -0.4 is 0 Å². The molecule has 0 fully saturated rings. The van der Waals surface area contributed by atoms with E-state index >= 15 is 0 Å². The Morgan fingerprint density at radius 1 is 0.354 bits per heavy atom. The van der Waals surface area contributed by atoms with Gasteiger partial charge in [-0.05, 0) is 163 Å². The fourth-order valence-electron chi connectivity index (χ4n) is 9.67. The van der Waals surface area contributed by atoms with Gasteiger partial charge in [-0.1, -0.05) is 119 Å². The van der Waals surface area contributed by atoms with Crippen LogP contribution in [0.3, 0.4) is 0 Å². The molecule has 0 atom stereocenters. The first-order valence-corrected chi connectivity index (χ1v) is 17.6. The highest BCUT2D eigenvalue weighted by atomic mass is 14.3. The summed E-state index contributed by atoms with van der Waals surface area (Å²) in [4.78, 5) is 0. The lowest BCUT2D eigenvalue weighted by molar-refractivity contribution is 0.875. The van der Waals surface area contributed by atoms with Crippen LogP contribution in [0, 0.1) is 13.8 Å². The first-order valence-electron chi connectivity index (χ1n) is 17.6. The van der Waals surface area contributed by atoms with Crippen LogP contribution in [-0.2, 0) is 0 Å². The zero-order valence-electron chi connectivity index (χ0n) is 28.5. The summed E-state index contributed by atoms with van der Waals surface area (Å²) in [6.45, 7) is 14.1. The van der Waals surface area contributed by atoms with Gasteiger partial charge in [-0.15, -0.1) is 0 Å². The molecule has 0 spiro atoms. The third kappa shape index (κ3) is 3.45. The Morgan fingerprint density at radius 2 is 0.854 bits per heavy atom. The van der Waals surface area contributed by atoms with Crippen molar-refractivity contribution in [2.75, 3.05) is 0 Å². The van der Waals surface area contributed by atoms with Crippen molar-refractivity contribution in [2.45, 2.75) is 53.4 Å². The van der Waals surface area contributed by atoms with Crippen LogP contribution in [0.5, 0.6) is 0 Å². The maximum Gasteiger partial charge on any atom is -0.00199 e. The first-order chi connectivity index (χ1) is 23.3. The highest BCUT2D eigenvalue weighted by molar-refractivity contribution is 6.39. The van der Waals surface area contributed by atoms with Gasteiger partial charge in [0, 0.05) is 0 Å². The highest BCUT2D eigenvalue weighted by Gasteiger charge is 2.26. The van der Waals surface area contributed by atoms with Gasteiger partial charge in [0.1, 0.15) is 0 Å². The summed E-state index contributed by atoms with van der Waals surface area (Å²) in [6.07, 6.45) is 0. The number of hydrogen-bond donors (Lipinski definition) is 0. The lowest BCUT2D eigenvalue weighted by Crippen LogP contribution is -1.98. The van der Waals surface area contributed by atoms with Gasteiger partial charge in [-0.25, -0.2) is 0 Å². The van der Waals surface area contributed by atoms with Crippen LogP contribution in [0.25, 0.3) is 97.3 Å². The molecule has 0 aliphatic carbocycles. The van der Waals surface area contributed by atoms with Crippen molar-refractivity contribution < 1.29 is 0 Å². The molecule has 0 saturated carbocycles. The zero-order valence-corrected chi connectivity index (χ0v) is 28.5. The van der Waals surface area contributed by atoms with Gasteiger partial charge >= 0.3 is 0 Å². The molecule has 0 aliphatic rings. The quantitative estimate of drug-likeness (QED) is 0.174. The van der Waals surface area contributed by atoms with E-state index in [-0.39, 0.29) is 0 Å². The van der Waals surface area contributed by atoms with Gasteiger partial charge in [-0.3, -0.25) is 0 Å². The van der Waals surface area contributed by atoms with Crippen molar-refractivity contribution in [3.63, 3.8) is 0 Å². The second-order valence-electron chi connectivity index (χ2n) is 14.9. The molecule has 0 nitrogen and oxygen atoms in total. The maximum atomic E-state index is 2.57. The fraction of sp³-hybridized carbons (Fsp3) is 0.167. The smallest absolute Gasteiger partial charge is 0.00199 e. The Kier molecular flexibility index (Phi) is 5.62. The normalized spacial score (nSPS) is 12.8. The zero-order chi connectivity index (χ0) is 32.6. The molecule has 0 heterocycles. The molecule has 0 saturated heterocycles. The number of aryl methyl sites for hydroxylation is 2. The average molecular weight is 615 g/mol. The molecule has 0 heteroatoms. The SMILES string of the molecule is Cc1cccc(C)c1-c1ccc2c3c(C(C)C)c4cc5c(cc4c(C(C)C)c3c3cccc1c23)c1cc2ccccc2c2cccc5c21. The summed E-state index contributed by atoms with van der Waals surface area (Å²) < 4.78 is 0. The van der Waals surface area contributed by atoms with Gasteiger partial charge in [0.05, 0.1) is 0 Å². The Hall–Kier alpha value is -5.20. The van der Waals surface area contributed by atoms with Gasteiger partial charge in [0.2, 0.25) is 0 Å². The van der Waals surface area contributed by atoms with E-state index in [1.807, 2.05) is 0 Å². The Labute approximate surface area is 281 Å². The van der Waals surface area contributed by atoms with Crippen LogP contribution in [-0.4, -0.2) is 0 Å². The van der Waals surface area contributed by atoms with E-state index in [0.717, 1.165) is 0 Å². The van der Waals surface area contributed by atoms with Crippen molar-refractivity contribution >= 4 is 86.2 Å². The second kappa shape index (κ2) is 9.68. The van der Waals surface area contributed by atoms with Gasteiger partial charge in [-0.2, -0.15) is 0 Å². The lowest BCUT2D eigenvalue weighted by atomic mass is 9.83. The molecule has 0 N–H and O–H groups in total. The van der Waals surface area contributed by atoms with Crippen molar-refractivity contribution in [2.24, 2.45) is 0 Å². The fourth-order valence-corrected chi connectivity index (χ4v) is 9.67. The summed E-state index contributed by atoms with van der Waals surface area (Å²) in [5.41, 5.74) is 8.35. The van der Waals surface area contributed by atoms with E-state index < -0.39 is 0 Å². The average Bonchev–Trinajstić information content (AvgIpc) is 3.57.